The van der Waals surface area contributed by atoms with E-state index >= 15 is 0 Å². The van der Waals surface area contributed by atoms with Gasteiger partial charge < -0.3 is 19.5 Å². The smallest absolute Gasteiger partial charge is 0.389 e. The second-order valence-corrected chi connectivity index (χ2v) is 10.6. The van der Waals surface area contributed by atoms with Crippen LogP contribution in [0.5, 0.6) is 0 Å². The van der Waals surface area contributed by atoms with E-state index in [9.17, 15) is 5.11 Å². The Hall–Kier alpha value is -2.63. The number of hydrogen-bond donors (Lipinski definition) is 1. The Morgan fingerprint density at radius 3 is 2.61 bits per heavy atom. The minimum Gasteiger partial charge on any atom is -0.454 e. The molecule has 1 aliphatic heterocycles. The average Bonchev–Trinajstić information content (AvgIpc) is 2.89. The van der Waals surface area contributed by atoms with Gasteiger partial charge >= 0.3 is 6.08 Å². The molecule has 1 aromatic rings. The predicted octanol–water partition coefficient (Wildman–Crippen LogP) is 7.15. The second kappa shape index (κ2) is 16.4. The number of likely N-dealkylation sites (tertiary alicyclic amines) is 1. The molecule has 1 fully saturated rings. The summed E-state index contributed by atoms with van der Waals surface area (Å²) in [6, 6.07) is 10.4. The molecular weight excluding hydrogens is 472 g/mol. The Kier molecular flexibility index (Phi) is 12.9. The lowest BCUT2D eigenvalue weighted by molar-refractivity contribution is 0.00643. The summed E-state index contributed by atoms with van der Waals surface area (Å²) in [4.78, 5) is 7.07. The molecular formula is C33H48N2O3. The van der Waals surface area contributed by atoms with Crippen LogP contribution < -0.4 is 0 Å². The number of methoxy groups -OCH3 is 1. The Balaban J connectivity index is 1.38. The number of aliphatic hydroxyl groups is 1. The molecule has 1 saturated heterocycles. The van der Waals surface area contributed by atoms with Crippen molar-refractivity contribution in [1.29, 1.82) is 0 Å². The maximum Gasteiger partial charge on any atom is 0.389 e. The third-order valence-electron chi connectivity index (χ3n) is 7.48. The van der Waals surface area contributed by atoms with E-state index < -0.39 is 5.60 Å². The molecule has 1 unspecified atom stereocenters. The maximum absolute atomic E-state index is 11.2. The zero-order chi connectivity index (χ0) is 27.1. The molecule has 2 aliphatic rings. The summed E-state index contributed by atoms with van der Waals surface area (Å²) in [5.74, 6) is 0. The molecule has 5 heteroatoms. The van der Waals surface area contributed by atoms with E-state index in [0.29, 0.717) is 6.08 Å². The minimum absolute atomic E-state index is 0.0308. The quantitative estimate of drug-likeness (QED) is 0.163. The van der Waals surface area contributed by atoms with E-state index in [2.05, 4.69) is 52.4 Å². The topological polar surface area (TPSA) is 54.3 Å². The van der Waals surface area contributed by atoms with Gasteiger partial charge in [-0.3, -0.25) is 0 Å². The lowest BCUT2D eigenvalue weighted by atomic mass is 9.84. The van der Waals surface area contributed by atoms with Crippen molar-refractivity contribution in [3.63, 3.8) is 0 Å². The fourth-order valence-electron chi connectivity index (χ4n) is 5.43. The summed E-state index contributed by atoms with van der Waals surface area (Å²) in [5, 5.41) is 11.2. The molecule has 0 amide bonds. The zero-order valence-corrected chi connectivity index (χ0v) is 23.8. The van der Waals surface area contributed by atoms with Crippen molar-refractivity contribution in [3.05, 3.63) is 83.6 Å². The van der Waals surface area contributed by atoms with Gasteiger partial charge in [-0.1, -0.05) is 60.2 Å². The van der Waals surface area contributed by atoms with Gasteiger partial charge in [0.1, 0.15) is 6.10 Å². The molecule has 0 spiro atoms. The highest BCUT2D eigenvalue weighted by atomic mass is 16.7. The number of ether oxygens (including phenoxy) is 2. The second-order valence-electron chi connectivity index (χ2n) is 10.6. The van der Waals surface area contributed by atoms with Crippen LogP contribution >= 0.6 is 0 Å². The van der Waals surface area contributed by atoms with E-state index in [-0.39, 0.29) is 6.10 Å². The van der Waals surface area contributed by atoms with Gasteiger partial charge in [0, 0.05) is 6.42 Å². The molecule has 0 aromatic heterocycles. The van der Waals surface area contributed by atoms with Crippen molar-refractivity contribution in [2.24, 2.45) is 4.99 Å². The van der Waals surface area contributed by atoms with Crippen molar-refractivity contribution < 1.29 is 14.6 Å². The van der Waals surface area contributed by atoms with Gasteiger partial charge in [-0.2, -0.15) is 4.99 Å². The SMILES string of the molecule is C/C=C\C(=C/C)N=C(OC)OC1/C=C\C/C(CCCN2CCCC(O)(Cc3ccccc3)CCC2)=C\CC1. The fraction of sp³-hybridized carbons (Fsp3) is 0.545. The summed E-state index contributed by atoms with van der Waals surface area (Å²) in [7, 11) is 1.60. The first kappa shape index (κ1) is 29.9. The van der Waals surface area contributed by atoms with Gasteiger partial charge in [0.2, 0.25) is 0 Å². The van der Waals surface area contributed by atoms with Gasteiger partial charge in [-0.15, -0.1) is 0 Å². The number of allylic oxidation sites excluding steroid dienone is 6. The van der Waals surface area contributed by atoms with Crippen molar-refractivity contribution in [1.82, 2.24) is 4.90 Å². The van der Waals surface area contributed by atoms with Crippen LogP contribution in [0.15, 0.2) is 83.1 Å². The van der Waals surface area contributed by atoms with Gasteiger partial charge in [-0.05, 0) is 109 Å². The van der Waals surface area contributed by atoms with Crippen molar-refractivity contribution >= 4 is 6.08 Å². The first-order valence-electron chi connectivity index (χ1n) is 14.4. The van der Waals surface area contributed by atoms with Crippen LogP contribution in [-0.4, -0.2) is 54.5 Å². The summed E-state index contributed by atoms with van der Waals surface area (Å²) in [6.45, 7) is 7.23. The largest absolute Gasteiger partial charge is 0.454 e. The monoisotopic (exact) mass is 520 g/mol. The van der Waals surface area contributed by atoms with Crippen LogP contribution in [0.1, 0.15) is 77.2 Å². The fourth-order valence-corrected chi connectivity index (χ4v) is 5.43. The van der Waals surface area contributed by atoms with Gasteiger partial charge in [-0.25, -0.2) is 0 Å². The predicted molar refractivity (Wildman–Crippen MR) is 158 cm³/mol. The van der Waals surface area contributed by atoms with Crippen LogP contribution in [0, 0.1) is 0 Å². The number of hydrogen-bond acceptors (Lipinski definition) is 5. The Bertz CT molecular complexity index is 967. The first-order valence-corrected chi connectivity index (χ1v) is 14.4. The molecule has 1 N–H and O–H groups in total. The van der Waals surface area contributed by atoms with Crippen LogP contribution in [0.2, 0.25) is 0 Å². The lowest BCUT2D eigenvalue weighted by Crippen LogP contribution is -2.38. The van der Waals surface area contributed by atoms with Crippen LogP contribution in [0.3, 0.4) is 0 Å². The molecule has 38 heavy (non-hydrogen) atoms. The summed E-state index contributed by atoms with van der Waals surface area (Å²) in [5.41, 5.74) is 3.03. The van der Waals surface area contributed by atoms with Crippen molar-refractivity contribution in [3.8, 4) is 0 Å². The normalized spacial score (nSPS) is 24.0. The zero-order valence-electron chi connectivity index (χ0n) is 23.8. The highest BCUT2D eigenvalue weighted by Gasteiger charge is 2.28. The number of nitrogens with zero attached hydrogens (tertiary/aromatic N) is 2. The lowest BCUT2D eigenvalue weighted by Gasteiger charge is -2.34. The van der Waals surface area contributed by atoms with E-state index in [1.165, 1.54) is 17.6 Å². The standard InChI is InChI=1S/C33H48N2O3/c1-4-14-30(5-2)34-32(37-3)38-31-20-9-17-28(18-10-21-31)19-11-24-35-25-12-22-33(36,23-13-26-35)27-29-15-7-6-8-16-29/h4-9,14-16,18,20,31,36H,10-13,17,19,21-27H2,1-3H3/b14-4-,20-9-,28-18+,30-5+,34-32?. The van der Waals surface area contributed by atoms with E-state index in [4.69, 9.17) is 9.47 Å². The molecule has 0 saturated carbocycles. The van der Waals surface area contributed by atoms with Gasteiger partial charge in [0.15, 0.2) is 0 Å². The number of aliphatic imine (C=N–C) groups is 1. The van der Waals surface area contributed by atoms with Crippen LogP contribution in [-0.2, 0) is 15.9 Å². The van der Waals surface area contributed by atoms with Gasteiger partial charge in [0.25, 0.3) is 0 Å². The third kappa shape index (κ3) is 10.6. The Labute approximate surface area is 230 Å². The van der Waals surface area contributed by atoms with Crippen molar-refractivity contribution in [2.75, 3.05) is 26.7 Å². The first-order chi connectivity index (χ1) is 18.5. The summed E-state index contributed by atoms with van der Waals surface area (Å²) < 4.78 is 11.4. The number of rotatable bonds is 9. The maximum atomic E-state index is 11.2. The Morgan fingerprint density at radius 2 is 1.92 bits per heavy atom. The molecule has 1 heterocycles. The summed E-state index contributed by atoms with van der Waals surface area (Å²) >= 11 is 0. The average molecular weight is 521 g/mol. The molecule has 208 valence electrons. The Morgan fingerprint density at radius 1 is 1.16 bits per heavy atom. The molecule has 0 bridgehead atoms. The van der Waals surface area contributed by atoms with Crippen LogP contribution in [0.25, 0.3) is 0 Å². The molecule has 1 atom stereocenters. The molecule has 0 radical (unpaired) electrons. The third-order valence-corrected chi connectivity index (χ3v) is 7.48. The van der Waals surface area contributed by atoms with Crippen molar-refractivity contribution in [2.45, 2.75) is 89.8 Å². The van der Waals surface area contributed by atoms with E-state index in [1.807, 2.05) is 38.1 Å². The molecule has 1 aromatic carbocycles. The molecule has 1 aliphatic carbocycles. The molecule has 3 rings (SSSR count). The minimum atomic E-state index is -0.553. The van der Waals surface area contributed by atoms with E-state index in [1.54, 1.807) is 7.11 Å². The highest BCUT2D eigenvalue weighted by Crippen LogP contribution is 2.27. The van der Waals surface area contributed by atoms with Gasteiger partial charge in [0.05, 0.1) is 18.4 Å². The molecule has 5 nitrogen and oxygen atoms in total. The van der Waals surface area contributed by atoms with Crippen LogP contribution in [0.4, 0.5) is 0 Å². The number of benzene rings is 1. The highest BCUT2D eigenvalue weighted by molar-refractivity contribution is 5.69. The summed E-state index contributed by atoms with van der Waals surface area (Å²) in [6.07, 6.45) is 22.8. The van der Waals surface area contributed by atoms with E-state index in [0.717, 1.165) is 83.1 Å².